The van der Waals surface area contributed by atoms with Crippen molar-refractivity contribution in [1.29, 1.82) is 0 Å². The maximum atomic E-state index is 13.3. The minimum Gasteiger partial charge on any atom is -0.380 e. The van der Waals surface area contributed by atoms with E-state index in [0.717, 1.165) is 30.7 Å². The molecule has 7 heteroatoms. The van der Waals surface area contributed by atoms with Gasteiger partial charge in [0.2, 0.25) is 5.91 Å². The predicted octanol–water partition coefficient (Wildman–Crippen LogP) is 2.57. The second kappa shape index (κ2) is 6.98. The predicted molar refractivity (Wildman–Crippen MR) is 86.5 cm³/mol. The van der Waals surface area contributed by atoms with Crippen LogP contribution in [0.3, 0.4) is 0 Å². The molecule has 0 saturated carbocycles. The molecule has 2 heterocycles. The molecule has 1 fully saturated rings. The SMILES string of the molecule is Cc1ccn(CC(=O)N2CCC[C@H](Nc3ccc(F)c(F)c3)C2)n1. The number of amides is 1. The van der Waals surface area contributed by atoms with Crippen molar-refractivity contribution in [3.63, 3.8) is 0 Å². The average molecular weight is 334 g/mol. The summed E-state index contributed by atoms with van der Waals surface area (Å²) in [7, 11) is 0. The maximum absolute atomic E-state index is 13.3. The zero-order chi connectivity index (χ0) is 17.1. The summed E-state index contributed by atoms with van der Waals surface area (Å²) in [4.78, 5) is 14.2. The van der Waals surface area contributed by atoms with Gasteiger partial charge in [0.1, 0.15) is 6.54 Å². The van der Waals surface area contributed by atoms with Crippen LogP contribution in [0.1, 0.15) is 18.5 Å². The molecule has 1 aliphatic rings. The summed E-state index contributed by atoms with van der Waals surface area (Å²) < 4.78 is 27.9. The lowest BCUT2D eigenvalue weighted by atomic mass is 10.1. The van der Waals surface area contributed by atoms with E-state index in [-0.39, 0.29) is 18.5 Å². The number of piperidine rings is 1. The van der Waals surface area contributed by atoms with E-state index in [1.54, 1.807) is 15.8 Å². The molecule has 2 aromatic rings. The lowest BCUT2D eigenvalue weighted by Crippen LogP contribution is -2.46. The van der Waals surface area contributed by atoms with Crippen LogP contribution in [-0.4, -0.2) is 39.7 Å². The highest BCUT2D eigenvalue weighted by Crippen LogP contribution is 2.18. The molecular formula is C17H20F2N4O. The number of likely N-dealkylation sites (tertiary alicyclic amines) is 1. The number of nitrogens with one attached hydrogen (secondary N) is 1. The van der Waals surface area contributed by atoms with Gasteiger partial charge in [-0.2, -0.15) is 5.10 Å². The van der Waals surface area contributed by atoms with Crippen LogP contribution in [-0.2, 0) is 11.3 Å². The zero-order valence-corrected chi connectivity index (χ0v) is 13.5. The summed E-state index contributed by atoms with van der Waals surface area (Å²) in [5.74, 6) is -1.73. The van der Waals surface area contributed by atoms with E-state index < -0.39 is 11.6 Å². The van der Waals surface area contributed by atoms with Gasteiger partial charge in [0.15, 0.2) is 11.6 Å². The summed E-state index contributed by atoms with van der Waals surface area (Å²) in [6.07, 6.45) is 3.53. The van der Waals surface area contributed by atoms with Crippen molar-refractivity contribution < 1.29 is 13.6 Å². The van der Waals surface area contributed by atoms with Crippen LogP contribution in [0, 0.1) is 18.6 Å². The van der Waals surface area contributed by atoms with Crippen molar-refractivity contribution in [2.24, 2.45) is 0 Å². The van der Waals surface area contributed by atoms with Gasteiger partial charge in [-0.05, 0) is 38.0 Å². The van der Waals surface area contributed by atoms with E-state index in [2.05, 4.69) is 10.4 Å². The van der Waals surface area contributed by atoms with Crippen molar-refractivity contribution in [2.45, 2.75) is 32.4 Å². The molecule has 0 unspecified atom stereocenters. The normalized spacial score (nSPS) is 17.8. The highest BCUT2D eigenvalue weighted by molar-refractivity contribution is 5.76. The first kappa shape index (κ1) is 16.4. The summed E-state index contributed by atoms with van der Waals surface area (Å²) in [6, 6.07) is 5.63. The molecule has 0 bridgehead atoms. The molecule has 1 aliphatic heterocycles. The minimum absolute atomic E-state index is 0.00915. The Bertz CT molecular complexity index is 731. The van der Waals surface area contributed by atoms with Crippen LogP contribution in [0.2, 0.25) is 0 Å². The van der Waals surface area contributed by atoms with E-state index in [1.165, 1.54) is 6.07 Å². The summed E-state index contributed by atoms with van der Waals surface area (Å²) >= 11 is 0. The highest BCUT2D eigenvalue weighted by Gasteiger charge is 2.24. The lowest BCUT2D eigenvalue weighted by molar-refractivity contribution is -0.133. The fraction of sp³-hybridized carbons (Fsp3) is 0.412. The zero-order valence-electron chi connectivity index (χ0n) is 13.5. The molecule has 0 spiro atoms. The molecule has 1 aromatic carbocycles. The quantitative estimate of drug-likeness (QED) is 0.935. The molecule has 5 nitrogen and oxygen atoms in total. The van der Waals surface area contributed by atoms with Gasteiger partial charge >= 0.3 is 0 Å². The number of nitrogens with zero attached hydrogens (tertiary/aromatic N) is 3. The Labute approximate surface area is 139 Å². The topological polar surface area (TPSA) is 50.2 Å². The van der Waals surface area contributed by atoms with Gasteiger partial charge in [0.25, 0.3) is 0 Å². The number of rotatable bonds is 4. The van der Waals surface area contributed by atoms with Crippen molar-refractivity contribution in [3.05, 3.63) is 47.8 Å². The number of aryl methyl sites for hydroxylation is 1. The Kier molecular flexibility index (Phi) is 4.78. The van der Waals surface area contributed by atoms with E-state index >= 15 is 0 Å². The number of carbonyl (C=O) groups excluding carboxylic acids is 1. The molecular weight excluding hydrogens is 314 g/mol. The molecule has 1 atom stereocenters. The van der Waals surface area contributed by atoms with Crippen LogP contribution in [0.5, 0.6) is 0 Å². The monoisotopic (exact) mass is 334 g/mol. The first-order chi connectivity index (χ1) is 11.5. The third-order valence-corrected chi connectivity index (χ3v) is 4.14. The molecule has 0 aliphatic carbocycles. The van der Waals surface area contributed by atoms with E-state index in [9.17, 15) is 13.6 Å². The summed E-state index contributed by atoms with van der Waals surface area (Å²) in [6.45, 7) is 3.34. The molecule has 1 aromatic heterocycles. The Morgan fingerprint density at radius 1 is 1.33 bits per heavy atom. The number of benzene rings is 1. The lowest BCUT2D eigenvalue weighted by Gasteiger charge is -2.33. The van der Waals surface area contributed by atoms with Gasteiger partial charge in [0.05, 0.1) is 5.69 Å². The van der Waals surface area contributed by atoms with Gasteiger partial charge in [-0.1, -0.05) is 0 Å². The molecule has 1 amide bonds. The Morgan fingerprint density at radius 2 is 2.17 bits per heavy atom. The second-order valence-corrected chi connectivity index (χ2v) is 6.11. The smallest absolute Gasteiger partial charge is 0.244 e. The molecule has 1 saturated heterocycles. The Balaban J connectivity index is 1.59. The second-order valence-electron chi connectivity index (χ2n) is 6.11. The van der Waals surface area contributed by atoms with Gasteiger partial charge < -0.3 is 10.2 Å². The van der Waals surface area contributed by atoms with Crippen LogP contribution >= 0.6 is 0 Å². The van der Waals surface area contributed by atoms with Crippen LogP contribution < -0.4 is 5.32 Å². The summed E-state index contributed by atoms with van der Waals surface area (Å²) in [5, 5.41) is 7.41. The molecule has 3 rings (SSSR count). The van der Waals surface area contributed by atoms with E-state index in [1.807, 2.05) is 13.0 Å². The first-order valence-electron chi connectivity index (χ1n) is 8.00. The molecule has 24 heavy (non-hydrogen) atoms. The Hall–Kier alpha value is -2.44. The molecule has 128 valence electrons. The molecule has 1 N–H and O–H groups in total. The largest absolute Gasteiger partial charge is 0.380 e. The summed E-state index contributed by atoms with van der Waals surface area (Å²) in [5.41, 5.74) is 1.40. The van der Waals surface area contributed by atoms with Crippen LogP contribution in [0.15, 0.2) is 30.5 Å². The Morgan fingerprint density at radius 3 is 2.88 bits per heavy atom. The number of hydrogen-bond donors (Lipinski definition) is 1. The fourth-order valence-electron chi connectivity index (χ4n) is 2.93. The highest BCUT2D eigenvalue weighted by atomic mass is 19.2. The number of aromatic nitrogens is 2. The maximum Gasteiger partial charge on any atom is 0.244 e. The number of carbonyl (C=O) groups is 1. The van der Waals surface area contributed by atoms with Gasteiger partial charge in [-0.25, -0.2) is 8.78 Å². The van der Waals surface area contributed by atoms with E-state index in [0.29, 0.717) is 18.8 Å². The standard InChI is InChI=1S/C17H20F2N4O/c1-12-6-8-23(21-12)11-17(24)22-7-2-3-14(10-22)20-13-4-5-15(18)16(19)9-13/h4-6,8-9,14,20H,2-3,7,10-11H2,1H3/t14-/m0/s1. The van der Waals surface area contributed by atoms with Crippen molar-refractivity contribution in [3.8, 4) is 0 Å². The van der Waals surface area contributed by atoms with E-state index in [4.69, 9.17) is 0 Å². The number of anilines is 1. The number of halogens is 2. The molecule has 0 radical (unpaired) electrons. The van der Waals surface area contributed by atoms with Crippen LogP contribution in [0.4, 0.5) is 14.5 Å². The van der Waals surface area contributed by atoms with Crippen LogP contribution in [0.25, 0.3) is 0 Å². The van der Waals surface area contributed by atoms with Crippen molar-refractivity contribution in [2.75, 3.05) is 18.4 Å². The third-order valence-electron chi connectivity index (χ3n) is 4.14. The van der Waals surface area contributed by atoms with Gasteiger partial charge in [-0.3, -0.25) is 9.48 Å². The third kappa shape index (κ3) is 3.90. The van der Waals surface area contributed by atoms with Gasteiger partial charge in [0, 0.05) is 37.1 Å². The first-order valence-corrected chi connectivity index (χ1v) is 8.00. The average Bonchev–Trinajstić information content (AvgIpc) is 2.96. The van der Waals surface area contributed by atoms with Gasteiger partial charge in [-0.15, -0.1) is 0 Å². The fourth-order valence-corrected chi connectivity index (χ4v) is 2.93. The van der Waals surface area contributed by atoms with Crippen molar-refractivity contribution >= 4 is 11.6 Å². The van der Waals surface area contributed by atoms with Crippen molar-refractivity contribution in [1.82, 2.24) is 14.7 Å². The number of hydrogen-bond acceptors (Lipinski definition) is 3. The minimum atomic E-state index is -0.877.